The Labute approximate surface area is 161 Å². The Morgan fingerprint density at radius 2 is 1.85 bits per heavy atom. The third-order valence-electron chi connectivity index (χ3n) is 4.05. The first-order valence-corrected chi connectivity index (χ1v) is 9.16. The van der Waals surface area contributed by atoms with Gasteiger partial charge in [0.1, 0.15) is 0 Å². The largest absolute Gasteiger partial charge is 0.493 e. The lowest BCUT2D eigenvalue weighted by molar-refractivity contribution is 0.0947. The normalized spacial score (nSPS) is 10.3. The summed E-state index contributed by atoms with van der Waals surface area (Å²) in [7, 11) is 4.52. The molecule has 0 aliphatic carbocycles. The fraction of sp³-hybridized carbons (Fsp3) is 0.200. The minimum absolute atomic E-state index is 0.270. The number of pyridine rings is 1. The van der Waals surface area contributed by atoms with Crippen molar-refractivity contribution in [3.05, 3.63) is 58.5 Å². The average Bonchev–Trinajstić information content (AvgIpc) is 3.25. The van der Waals surface area contributed by atoms with Crippen LogP contribution in [0.3, 0.4) is 0 Å². The number of nitrogens with one attached hydrogen (secondary N) is 1. The highest BCUT2D eigenvalue weighted by Crippen LogP contribution is 2.39. The van der Waals surface area contributed by atoms with Gasteiger partial charge in [-0.05, 0) is 46.2 Å². The quantitative estimate of drug-likeness (QED) is 0.672. The van der Waals surface area contributed by atoms with Gasteiger partial charge in [-0.1, -0.05) is 0 Å². The summed E-state index contributed by atoms with van der Waals surface area (Å²) in [5.74, 6) is 0.945. The summed E-state index contributed by atoms with van der Waals surface area (Å²) in [6.45, 7) is 0.349. The number of aromatic nitrogens is 1. The van der Waals surface area contributed by atoms with E-state index in [4.69, 9.17) is 14.2 Å². The zero-order valence-corrected chi connectivity index (χ0v) is 16.1. The SMILES string of the molecule is COc1ccc(C(=O)NCc2cncc(-c3ccsc3)c2)c(OC)c1OC. The summed E-state index contributed by atoms with van der Waals surface area (Å²) in [6.07, 6.45) is 3.55. The fourth-order valence-corrected chi connectivity index (χ4v) is 3.39. The highest BCUT2D eigenvalue weighted by Gasteiger charge is 2.20. The second kappa shape index (κ2) is 8.55. The van der Waals surface area contributed by atoms with Crippen molar-refractivity contribution in [2.24, 2.45) is 0 Å². The minimum Gasteiger partial charge on any atom is -0.493 e. The molecule has 1 aromatic carbocycles. The predicted octanol–water partition coefficient (Wildman–Crippen LogP) is 3.77. The fourth-order valence-electron chi connectivity index (χ4n) is 2.73. The van der Waals surface area contributed by atoms with Crippen molar-refractivity contribution in [2.75, 3.05) is 21.3 Å². The smallest absolute Gasteiger partial charge is 0.255 e. The van der Waals surface area contributed by atoms with E-state index in [0.717, 1.165) is 16.7 Å². The van der Waals surface area contributed by atoms with Gasteiger partial charge >= 0.3 is 0 Å². The van der Waals surface area contributed by atoms with Crippen LogP contribution in [0.1, 0.15) is 15.9 Å². The van der Waals surface area contributed by atoms with Crippen LogP contribution in [-0.4, -0.2) is 32.2 Å². The van der Waals surface area contributed by atoms with Crippen LogP contribution in [0.2, 0.25) is 0 Å². The maximum absolute atomic E-state index is 12.7. The van der Waals surface area contributed by atoms with E-state index in [2.05, 4.69) is 15.7 Å². The molecule has 2 aromatic heterocycles. The van der Waals surface area contributed by atoms with Crippen LogP contribution in [0.15, 0.2) is 47.4 Å². The standard InChI is InChI=1S/C20H20N2O4S/c1-24-17-5-4-16(18(25-2)19(17)26-3)20(23)22-10-13-8-15(11-21-9-13)14-6-7-27-12-14/h4-9,11-12H,10H2,1-3H3,(H,22,23). The van der Waals surface area contributed by atoms with Gasteiger partial charge in [0.15, 0.2) is 11.5 Å². The summed E-state index contributed by atoms with van der Waals surface area (Å²) in [6, 6.07) is 7.38. The molecule has 7 heteroatoms. The molecule has 6 nitrogen and oxygen atoms in total. The second-order valence-corrected chi connectivity index (χ2v) is 6.44. The molecule has 3 rings (SSSR count). The maximum atomic E-state index is 12.7. The molecule has 1 amide bonds. The lowest BCUT2D eigenvalue weighted by Crippen LogP contribution is -2.23. The summed E-state index contributed by atoms with van der Waals surface area (Å²) >= 11 is 1.63. The van der Waals surface area contributed by atoms with E-state index in [1.807, 2.05) is 23.7 Å². The van der Waals surface area contributed by atoms with E-state index in [0.29, 0.717) is 29.4 Å². The van der Waals surface area contributed by atoms with Gasteiger partial charge in [0.25, 0.3) is 5.91 Å². The van der Waals surface area contributed by atoms with Crippen molar-refractivity contribution in [3.8, 4) is 28.4 Å². The first-order chi connectivity index (χ1) is 13.2. The first-order valence-electron chi connectivity index (χ1n) is 8.21. The summed E-state index contributed by atoms with van der Waals surface area (Å²) in [4.78, 5) is 16.9. The Morgan fingerprint density at radius 3 is 2.52 bits per heavy atom. The highest BCUT2D eigenvalue weighted by molar-refractivity contribution is 7.08. The van der Waals surface area contributed by atoms with Crippen LogP contribution >= 0.6 is 11.3 Å². The number of rotatable bonds is 7. The molecule has 27 heavy (non-hydrogen) atoms. The lowest BCUT2D eigenvalue weighted by Gasteiger charge is -2.15. The van der Waals surface area contributed by atoms with Crippen molar-refractivity contribution in [2.45, 2.75) is 6.54 Å². The Hall–Kier alpha value is -3.06. The van der Waals surface area contributed by atoms with Gasteiger partial charge in [-0.3, -0.25) is 9.78 Å². The van der Waals surface area contributed by atoms with Crippen LogP contribution in [0.5, 0.6) is 17.2 Å². The Morgan fingerprint density at radius 1 is 1.04 bits per heavy atom. The molecule has 0 saturated heterocycles. The van der Waals surface area contributed by atoms with Gasteiger partial charge in [-0.25, -0.2) is 0 Å². The van der Waals surface area contributed by atoms with Crippen molar-refractivity contribution in [1.82, 2.24) is 10.3 Å². The number of hydrogen-bond donors (Lipinski definition) is 1. The average molecular weight is 384 g/mol. The van der Waals surface area contributed by atoms with Crippen LogP contribution in [0.4, 0.5) is 0 Å². The molecule has 0 saturated carbocycles. The zero-order chi connectivity index (χ0) is 19.2. The molecule has 0 unspecified atom stereocenters. The molecule has 0 radical (unpaired) electrons. The predicted molar refractivity (Wildman–Crippen MR) is 105 cm³/mol. The van der Waals surface area contributed by atoms with E-state index >= 15 is 0 Å². The van der Waals surface area contributed by atoms with Gasteiger partial charge in [0.05, 0.1) is 26.9 Å². The third-order valence-corrected chi connectivity index (χ3v) is 4.73. The second-order valence-electron chi connectivity index (χ2n) is 5.66. The topological polar surface area (TPSA) is 69.7 Å². The van der Waals surface area contributed by atoms with Crippen LogP contribution in [0, 0.1) is 0 Å². The number of thiophene rings is 1. The van der Waals surface area contributed by atoms with Crippen LogP contribution in [-0.2, 0) is 6.54 Å². The molecular weight excluding hydrogens is 364 g/mol. The number of amides is 1. The Balaban J connectivity index is 1.78. The van der Waals surface area contributed by atoms with Gasteiger partial charge in [0, 0.05) is 24.5 Å². The van der Waals surface area contributed by atoms with E-state index in [-0.39, 0.29) is 5.91 Å². The number of methoxy groups -OCH3 is 3. The summed E-state index contributed by atoms with van der Waals surface area (Å²) in [5, 5.41) is 6.98. The van der Waals surface area contributed by atoms with Crippen LogP contribution in [0.25, 0.3) is 11.1 Å². The van der Waals surface area contributed by atoms with E-state index < -0.39 is 0 Å². The highest BCUT2D eigenvalue weighted by atomic mass is 32.1. The number of hydrogen-bond acceptors (Lipinski definition) is 6. The number of nitrogens with zero attached hydrogens (tertiary/aromatic N) is 1. The van der Waals surface area contributed by atoms with Crippen molar-refractivity contribution < 1.29 is 19.0 Å². The molecule has 0 aliphatic rings. The molecule has 140 valence electrons. The zero-order valence-electron chi connectivity index (χ0n) is 15.3. The lowest BCUT2D eigenvalue weighted by atomic mass is 10.1. The number of ether oxygens (including phenoxy) is 3. The van der Waals surface area contributed by atoms with E-state index in [9.17, 15) is 4.79 Å². The molecule has 0 bridgehead atoms. The van der Waals surface area contributed by atoms with E-state index in [1.165, 1.54) is 21.3 Å². The molecule has 0 fully saturated rings. The Kier molecular flexibility index (Phi) is 5.93. The van der Waals surface area contributed by atoms with Crippen molar-refractivity contribution in [1.29, 1.82) is 0 Å². The Bertz CT molecular complexity index is 926. The van der Waals surface area contributed by atoms with E-state index in [1.54, 1.807) is 29.7 Å². The molecular formula is C20H20N2O4S. The maximum Gasteiger partial charge on any atom is 0.255 e. The van der Waals surface area contributed by atoms with Crippen LogP contribution < -0.4 is 19.5 Å². The molecule has 0 atom stereocenters. The van der Waals surface area contributed by atoms with Gasteiger partial charge < -0.3 is 19.5 Å². The summed E-state index contributed by atoms with van der Waals surface area (Å²) < 4.78 is 16.0. The molecule has 0 spiro atoms. The van der Waals surface area contributed by atoms with Gasteiger partial charge in [-0.2, -0.15) is 11.3 Å². The molecule has 3 aromatic rings. The monoisotopic (exact) mass is 384 g/mol. The van der Waals surface area contributed by atoms with Gasteiger partial charge in [0.2, 0.25) is 5.75 Å². The van der Waals surface area contributed by atoms with Gasteiger partial charge in [-0.15, -0.1) is 0 Å². The summed E-state index contributed by atoms with van der Waals surface area (Å²) in [5.41, 5.74) is 3.41. The first kappa shape index (κ1) is 18.7. The number of carbonyl (C=O) groups excluding carboxylic acids is 1. The van der Waals surface area contributed by atoms with Crippen molar-refractivity contribution in [3.63, 3.8) is 0 Å². The van der Waals surface area contributed by atoms with Crippen molar-refractivity contribution >= 4 is 17.2 Å². The minimum atomic E-state index is -0.270. The molecule has 1 N–H and O–H groups in total. The third kappa shape index (κ3) is 4.03. The molecule has 0 aliphatic heterocycles. The number of benzene rings is 1. The number of carbonyl (C=O) groups is 1. The molecule has 2 heterocycles.